The first-order valence-corrected chi connectivity index (χ1v) is 10.8. The molecule has 2 aromatic heterocycles. The highest BCUT2D eigenvalue weighted by Crippen LogP contribution is 2.33. The zero-order valence-electron chi connectivity index (χ0n) is 18.6. The number of hydrogen-bond donors (Lipinski definition) is 2. The third-order valence-electron chi connectivity index (χ3n) is 5.88. The Morgan fingerprint density at radius 1 is 1.16 bits per heavy atom. The van der Waals surface area contributed by atoms with Crippen LogP contribution in [-0.4, -0.2) is 78.2 Å². The van der Waals surface area contributed by atoms with E-state index in [0.717, 1.165) is 85.0 Å². The zero-order valence-corrected chi connectivity index (χ0v) is 18.6. The van der Waals surface area contributed by atoms with E-state index in [9.17, 15) is 0 Å². The number of anilines is 2. The number of aromatic nitrogens is 3. The summed E-state index contributed by atoms with van der Waals surface area (Å²) in [7, 11) is 3.87. The quantitative estimate of drug-likeness (QED) is 0.601. The summed E-state index contributed by atoms with van der Waals surface area (Å²) in [6.07, 6.45) is 2.61. The maximum atomic E-state index is 5.88. The molecule has 0 atom stereocenters. The SMILES string of the molecule is CCc1c(OC)cccc1-c1cc2cnc(N)nc2c(NCCN2CCN(C)CC2)n1. The molecule has 3 N–H and O–H groups in total. The Kier molecular flexibility index (Phi) is 6.48. The topological polar surface area (TPSA) is 92.4 Å². The second-order valence-corrected chi connectivity index (χ2v) is 7.93. The minimum atomic E-state index is 0.250. The molecular weight excluding hydrogens is 390 g/mol. The van der Waals surface area contributed by atoms with Crippen LogP contribution < -0.4 is 15.8 Å². The van der Waals surface area contributed by atoms with Gasteiger partial charge >= 0.3 is 0 Å². The van der Waals surface area contributed by atoms with Gasteiger partial charge < -0.3 is 20.7 Å². The fourth-order valence-electron chi connectivity index (χ4n) is 4.08. The minimum Gasteiger partial charge on any atom is -0.496 e. The lowest BCUT2D eigenvalue weighted by Gasteiger charge is -2.32. The van der Waals surface area contributed by atoms with Crippen molar-refractivity contribution in [2.45, 2.75) is 13.3 Å². The largest absolute Gasteiger partial charge is 0.496 e. The molecule has 4 rings (SSSR count). The van der Waals surface area contributed by atoms with E-state index < -0.39 is 0 Å². The molecule has 0 unspecified atom stereocenters. The van der Waals surface area contributed by atoms with Crippen LogP contribution in [0.1, 0.15) is 12.5 Å². The van der Waals surface area contributed by atoms with E-state index in [4.69, 9.17) is 15.5 Å². The lowest BCUT2D eigenvalue weighted by molar-refractivity contribution is 0.158. The van der Waals surface area contributed by atoms with Crippen LogP contribution in [0, 0.1) is 0 Å². The van der Waals surface area contributed by atoms with Crippen LogP contribution in [0.3, 0.4) is 0 Å². The number of rotatable bonds is 7. The number of likely N-dealkylation sites (N-methyl/N-ethyl adjacent to an activating group) is 1. The normalized spacial score (nSPS) is 15.3. The van der Waals surface area contributed by atoms with Gasteiger partial charge in [-0.05, 0) is 25.6 Å². The molecule has 0 spiro atoms. The Morgan fingerprint density at radius 2 is 1.97 bits per heavy atom. The molecule has 1 fully saturated rings. The summed E-state index contributed by atoms with van der Waals surface area (Å²) in [6, 6.07) is 8.09. The fourth-order valence-corrected chi connectivity index (χ4v) is 4.08. The third-order valence-corrected chi connectivity index (χ3v) is 5.88. The van der Waals surface area contributed by atoms with Crippen molar-refractivity contribution in [1.82, 2.24) is 24.8 Å². The van der Waals surface area contributed by atoms with Crippen molar-refractivity contribution in [1.29, 1.82) is 0 Å². The van der Waals surface area contributed by atoms with E-state index in [0.29, 0.717) is 0 Å². The van der Waals surface area contributed by atoms with Gasteiger partial charge in [0.2, 0.25) is 5.95 Å². The van der Waals surface area contributed by atoms with Crippen molar-refractivity contribution in [2.75, 3.05) is 64.5 Å². The maximum absolute atomic E-state index is 5.88. The Hall–Kier alpha value is -2.97. The number of methoxy groups -OCH3 is 1. The van der Waals surface area contributed by atoms with Gasteiger partial charge in [0.1, 0.15) is 11.3 Å². The van der Waals surface area contributed by atoms with Crippen molar-refractivity contribution >= 4 is 22.7 Å². The standard InChI is InChI=1S/C23H31N7O/c1-4-17-18(6-5-7-20(17)31-3)19-14-16-15-26-23(24)28-21(16)22(27-19)25-8-9-30-12-10-29(2)11-13-30/h5-7,14-15H,4,8-13H2,1-3H3,(H,25,27)(H2,24,26,28). The van der Waals surface area contributed by atoms with Crippen LogP contribution in [0.15, 0.2) is 30.5 Å². The summed E-state index contributed by atoms with van der Waals surface area (Å²) in [5.74, 6) is 1.86. The predicted octanol–water partition coefficient (Wildman–Crippen LogP) is 2.50. The van der Waals surface area contributed by atoms with Crippen LogP contribution in [0.4, 0.5) is 11.8 Å². The number of nitrogens with zero attached hydrogens (tertiary/aromatic N) is 5. The Morgan fingerprint density at radius 3 is 2.71 bits per heavy atom. The lowest BCUT2D eigenvalue weighted by Crippen LogP contribution is -2.45. The molecule has 8 nitrogen and oxygen atoms in total. The van der Waals surface area contributed by atoms with Gasteiger partial charge in [0.05, 0.1) is 12.8 Å². The Labute approximate surface area is 183 Å². The van der Waals surface area contributed by atoms with Gasteiger partial charge in [-0.3, -0.25) is 4.90 Å². The molecule has 0 radical (unpaired) electrons. The number of nitrogens with one attached hydrogen (secondary N) is 1. The number of pyridine rings is 1. The second-order valence-electron chi connectivity index (χ2n) is 7.93. The molecule has 0 amide bonds. The van der Waals surface area contributed by atoms with Gasteiger partial charge in [-0.15, -0.1) is 0 Å². The van der Waals surface area contributed by atoms with Crippen molar-refractivity contribution in [3.63, 3.8) is 0 Å². The van der Waals surface area contributed by atoms with E-state index >= 15 is 0 Å². The number of nitrogens with two attached hydrogens (primary N) is 1. The Bertz CT molecular complexity index is 1050. The van der Waals surface area contributed by atoms with Crippen molar-refractivity contribution in [3.8, 4) is 17.0 Å². The molecule has 3 heterocycles. The second kappa shape index (κ2) is 9.45. The predicted molar refractivity (Wildman–Crippen MR) is 126 cm³/mol. The van der Waals surface area contributed by atoms with Crippen LogP contribution >= 0.6 is 0 Å². The summed E-state index contributed by atoms with van der Waals surface area (Å²) in [4.78, 5) is 18.4. The van der Waals surface area contributed by atoms with Crippen LogP contribution in [0.2, 0.25) is 0 Å². The summed E-state index contributed by atoms with van der Waals surface area (Å²) < 4.78 is 5.58. The molecule has 1 aliphatic heterocycles. The molecular formula is C23H31N7O. The molecule has 1 aromatic carbocycles. The molecule has 8 heteroatoms. The van der Waals surface area contributed by atoms with Crippen molar-refractivity contribution in [3.05, 3.63) is 36.0 Å². The van der Waals surface area contributed by atoms with Gasteiger partial charge in [-0.2, -0.15) is 0 Å². The molecule has 31 heavy (non-hydrogen) atoms. The van der Waals surface area contributed by atoms with E-state index in [-0.39, 0.29) is 5.95 Å². The summed E-state index contributed by atoms with van der Waals surface area (Å²) >= 11 is 0. The van der Waals surface area contributed by atoms with Gasteiger partial charge in [0.15, 0.2) is 5.82 Å². The average molecular weight is 422 g/mol. The smallest absolute Gasteiger partial charge is 0.220 e. The lowest BCUT2D eigenvalue weighted by atomic mass is 10.00. The molecule has 0 bridgehead atoms. The first-order valence-electron chi connectivity index (χ1n) is 10.8. The van der Waals surface area contributed by atoms with E-state index in [1.165, 1.54) is 0 Å². The van der Waals surface area contributed by atoms with Crippen LogP contribution in [0.5, 0.6) is 5.75 Å². The first kappa shape index (κ1) is 21.3. The van der Waals surface area contributed by atoms with E-state index in [2.05, 4.69) is 45.1 Å². The molecule has 1 saturated heterocycles. The van der Waals surface area contributed by atoms with E-state index in [1.807, 2.05) is 18.2 Å². The van der Waals surface area contributed by atoms with Crippen molar-refractivity contribution in [2.24, 2.45) is 0 Å². The number of piperazine rings is 1. The average Bonchev–Trinajstić information content (AvgIpc) is 2.79. The third kappa shape index (κ3) is 4.70. The van der Waals surface area contributed by atoms with Crippen molar-refractivity contribution < 1.29 is 4.74 Å². The number of ether oxygens (including phenoxy) is 1. The zero-order chi connectivity index (χ0) is 21.8. The highest BCUT2D eigenvalue weighted by atomic mass is 16.5. The summed E-state index contributed by atoms with van der Waals surface area (Å²) in [6.45, 7) is 8.27. The van der Waals surface area contributed by atoms with Gasteiger partial charge in [0, 0.05) is 62.0 Å². The number of fused-ring (bicyclic) bond motifs is 1. The monoisotopic (exact) mass is 421 g/mol. The molecule has 3 aromatic rings. The highest BCUT2D eigenvalue weighted by Gasteiger charge is 2.16. The minimum absolute atomic E-state index is 0.250. The van der Waals surface area contributed by atoms with Gasteiger partial charge in [0.25, 0.3) is 0 Å². The summed E-state index contributed by atoms with van der Waals surface area (Å²) in [5.41, 5.74) is 9.69. The fraction of sp³-hybridized carbons (Fsp3) is 0.435. The molecule has 0 saturated carbocycles. The number of benzene rings is 1. The summed E-state index contributed by atoms with van der Waals surface area (Å²) in [5, 5.41) is 4.41. The maximum Gasteiger partial charge on any atom is 0.220 e. The molecule has 164 valence electrons. The molecule has 1 aliphatic rings. The van der Waals surface area contributed by atoms with Gasteiger partial charge in [-0.1, -0.05) is 19.1 Å². The highest BCUT2D eigenvalue weighted by molar-refractivity contribution is 5.92. The van der Waals surface area contributed by atoms with E-state index in [1.54, 1.807) is 13.3 Å². The van der Waals surface area contributed by atoms with Crippen LogP contribution in [-0.2, 0) is 6.42 Å². The number of hydrogen-bond acceptors (Lipinski definition) is 8. The molecule has 0 aliphatic carbocycles. The first-order chi connectivity index (χ1) is 15.1. The van der Waals surface area contributed by atoms with Gasteiger partial charge in [-0.25, -0.2) is 15.0 Å². The van der Waals surface area contributed by atoms with Crippen LogP contribution in [0.25, 0.3) is 22.2 Å². The Balaban J connectivity index is 1.65. The number of nitrogen functional groups attached to an aromatic ring is 1.